The van der Waals surface area contributed by atoms with Crippen LogP contribution in [0.15, 0.2) is 71.3 Å². The predicted octanol–water partition coefficient (Wildman–Crippen LogP) is 3.64. The molecule has 0 unspecified atom stereocenters. The lowest BCUT2D eigenvalue weighted by Crippen LogP contribution is -2.41. The molecule has 2 amide bonds. The first-order chi connectivity index (χ1) is 13.1. The number of nitrogens with one attached hydrogen (secondary N) is 3. The largest absolute Gasteiger partial charge is 0.451 e. The van der Waals surface area contributed by atoms with Crippen molar-refractivity contribution in [1.29, 1.82) is 0 Å². The molecular formula is C20H14FN3O3. The van der Waals surface area contributed by atoms with Gasteiger partial charge in [-0.3, -0.25) is 20.4 Å². The molecule has 0 saturated heterocycles. The van der Waals surface area contributed by atoms with Gasteiger partial charge in [-0.05, 0) is 30.3 Å². The number of aromatic nitrogens is 1. The van der Waals surface area contributed by atoms with Gasteiger partial charge in [0.15, 0.2) is 5.76 Å². The number of hydrazine groups is 1. The minimum absolute atomic E-state index is 0.0486. The van der Waals surface area contributed by atoms with Gasteiger partial charge in [-0.2, -0.15) is 0 Å². The number of para-hydroxylation sites is 1. The summed E-state index contributed by atoms with van der Waals surface area (Å²) in [6.07, 6.45) is 1.56. The second-order valence-corrected chi connectivity index (χ2v) is 5.80. The Hall–Kier alpha value is -3.87. The molecule has 27 heavy (non-hydrogen) atoms. The first-order valence-corrected chi connectivity index (χ1v) is 8.15. The number of amides is 2. The van der Waals surface area contributed by atoms with Gasteiger partial charge in [0.25, 0.3) is 5.91 Å². The molecule has 0 bridgehead atoms. The molecule has 4 rings (SSSR count). The van der Waals surface area contributed by atoms with Crippen LogP contribution in [0.3, 0.4) is 0 Å². The minimum atomic E-state index is -0.647. The van der Waals surface area contributed by atoms with Gasteiger partial charge in [0.1, 0.15) is 11.6 Å². The normalized spacial score (nSPS) is 10.7. The van der Waals surface area contributed by atoms with Crippen molar-refractivity contribution in [3.05, 3.63) is 84.0 Å². The lowest BCUT2D eigenvalue weighted by molar-refractivity contribution is 0.0832. The van der Waals surface area contributed by atoms with Crippen LogP contribution in [0.25, 0.3) is 22.2 Å². The Morgan fingerprint density at radius 2 is 1.63 bits per heavy atom. The van der Waals surface area contributed by atoms with Crippen molar-refractivity contribution in [2.75, 3.05) is 0 Å². The van der Waals surface area contributed by atoms with E-state index in [-0.39, 0.29) is 17.1 Å². The summed E-state index contributed by atoms with van der Waals surface area (Å²) >= 11 is 0. The van der Waals surface area contributed by atoms with E-state index in [0.717, 1.165) is 10.9 Å². The van der Waals surface area contributed by atoms with Crippen molar-refractivity contribution in [2.24, 2.45) is 0 Å². The zero-order chi connectivity index (χ0) is 18.8. The maximum atomic E-state index is 13.8. The molecule has 0 saturated carbocycles. The summed E-state index contributed by atoms with van der Waals surface area (Å²) in [5, 5.41) is 0.740. The number of halogens is 1. The van der Waals surface area contributed by atoms with Crippen LogP contribution in [-0.4, -0.2) is 16.8 Å². The number of fused-ring (bicyclic) bond motifs is 1. The van der Waals surface area contributed by atoms with E-state index in [1.807, 2.05) is 18.2 Å². The standard InChI is InChI=1S/C20H14FN3O3/c21-15-7-3-1-6-13(15)17-9-10-18(27-17)20(26)24-23-19(25)14-11-22-16-8-4-2-5-12(14)16/h1-11,22H,(H,23,25)(H,24,26). The number of carbonyl (C=O) groups is 2. The third-order valence-electron chi connectivity index (χ3n) is 4.09. The molecule has 0 spiro atoms. The van der Waals surface area contributed by atoms with Crippen LogP contribution in [0.1, 0.15) is 20.9 Å². The van der Waals surface area contributed by atoms with Crippen molar-refractivity contribution in [3.63, 3.8) is 0 Å². The van der Waals surface area contributed by atoms with Gasteiger partial charge in [0.2, 0.25) is 0 Å². The lowest BCUT2D eigenvalue weighted by Gasteiger charge is -2.05. The number of furan rings is 1. The summed E-state index contributed by atoms with van der Waals surface area (Å²) in [7, 11) is 0. The van der Waals surface area contributed by atoms with E-state index in [9.17, 15) is 14.0 Å². The van der Waals surface area contributed by atoms with Gasteiger partial charge in [-0.15, -0.1) is 0 Å². The van der Waals surface area contributed by atoms with Gasteiger partial charge in [-0.1, -0.05) is 30.3 Å². The first kappa shape index (κ1) is 16.6. The number of hydrogen-bond acceptors (Lipinski definition) is 3. The highest BCUT2D eigenvalue weighted by Gasteiger charge is 2.16. The molecule has 2 heterocycles. The highest BCUT2D eigenvalue weighted by atomic mass is 19.1. The van der Waals surface area contributed by atoms with Gasteiger partial charge in [-0.25, -0.2) is 4.39 Å². The third-order valence-corrected chi connectivity index (χ3v) is 4.09. The Kier molecular flexibility index (Phi) is 4.18. The Morgan fingerprint density at radius 1 is 0.889 bits per heavy atom. The fourth-order valence-electron chi connectivity index (χ4n) is 2.77. The van der Waals surface area contributed by atoms with E-state index >= 15 is 0 Å². The third kappa shape index (κ3) is 3.18. The SMILES string of the molecule is O=C(NNC(=O)c1c[nH]c2ccccc12)c1ccc(-c2ccccc2F)o1. The molecule has 134 valence electrons. The van der Waals surface area contributed by atoms with Gasteiger partial charge < -0.3 is 9.40 Å². The monoisotopic (exact) mass is 363 g/mol. The number of benzene rings is 2. The van der Waals surface area contributed by atoms with Crippen molar-refractivity contribution in [2.45, 2.75) is 0 Å². The molecule has 3 N–H and O–H groups in total. The second kappa shape index (κ2) is 6.80. The maximum Gasteiger partial charge on any atom is 0.305 e. The van der Waals surface area contributed by atoms with E-state index < -0.39 is 17.6 Å². The lowest BCUT2D eigenvalue weighted by atomic mass is 10.1. The topological polar surface area (TPSA) is 87.1 Å². The first-order valence-electron chi connectivity index (χ1n) is 8.15. The number of aromatic amines is 1. The molecule has 0 radical (unpaired) electrons. The number of rotatable bonds is 3. The molecule has 2 aromatic heterocycles. The Balaban J connectivity index is 1.46. The average molecular weight is 363 g/mol. The van der Waals surface area contributed by atoms with E-state index in [1.165, 1.54) is 18.2 Å². The molecule has 6 nitrogen and oxygen atoms in total. The Morgan fingerprint density at radius 3 is 2.48 bits per heavy atom. The number of H-pyrrole nitrogens is 1. The van der Waals surface area contributed by atoms with Crippen LogP contribution in [0, 0.1) is 5.82 Å². The Labute approximate surface area is 153 Å². The summed E-state index contributed by atoms with van der Waals surface area (Å²) in [6.45, 7) is 0. The van der Waals surface area contributed by atoms with Gasteiger partial charge in [0.05, 0.1) is 11.1 Å². The van der Waals surface area contributed by atoms with Crippen LogP contribution in [0.4, 0.5) is 4.39 Å². The Bertz CT molecular complexity index is 1150. The van der Waals surface area contributed by atoms with Crippen LogP contribution in [-0.2, 0) is 0 Å². The molecule has 0 aliphatic heterocycles. The van der Waals surface area contributed by atoms with E-state index in [1.54, 1.807) is 30.5 Å². The van der Waals surface area contributed by atoms with Crippen LogP contribution in [0.5, 0.6) is 0 Å². The second-order valence-electron chi connectivity index (χ2n) is 5.80. The summed E-state index contributed by atoms with van der Waals surface area (Å²) in [6, 6.07) is 16.3. The number of hydrogen-bond donors (Lipinski definition) is 3. The van der Waals surface area contributed by atoms with Crippen molar-refractivity contribution in [1.82, 2.24) is 15.8 Å². The number of carbonyl (C=O) groups excluding carboxylic acids is 2. The minimum Gasteiger partial charge on any atom is -0.451 e. The van der Waals surface area contributed by atoms with Crippen molar-refractivity contribution >= 4 is 22.7 Å². The predicted molar refractivity (Wildman–Crippen MR) is 97.3 cm³/mol. The molecule has 7 heteroatoms. The quantitative estimate of drug-likeness (QED) is 0.486. The fourth-order valence-corrected chi connectivity index (χ4v) is 2.77. The van der Waals surface area contributed by atoms with Crippen molar-refractivity contribution < 1.29 is 18.4 Å². The molecule has 2 aromatic carbocycles. The van der Waals surface area contributed by atoms with E-state index in [4.69, 9.17) is 4.42 Å². The van der Waals surface area contributed by atoms with Gasteiger partial charge in [0, 0.05) is 17.1 Å². The molecule has 0 fully saturated rings. The fraction of sp³-hybridized carbons (Fsp3) is 0. The maximum absolute atomic E-state index is 13.8. The molecule has 0 aliphatic carbocycles. The molecular weight excluding hydrogens is 349 g/mol. The molecule has 4 aromatic rings. The summed E-state index contributed by atoms with van der Waals surface area (Å²) < 4.78 is 19.2. The highest BCUT2D eigenvalue weighted by Crippen LogP contribution is 2.24. The van der Waals surface area contributed by atoms with Crippen molar-refractivity contribution in [3.8, 4) is 11.3 Å². The zero-order valence-electron chi connectivity index (χ0n) is 14.0. The summed E-state index contributed by atoms with van der Waals surface area (Å²) in [4.78, 5) is 27.5. The van der Waals surface area contributed by atoms with Crippen LogP contribution < -0.4 is 10.9 Å². The molecule has 0 atom stereocenters. The van der Waals surface area contributed by atoms with E-state index in [2.05, 4.69) is 15.8 Å². The smallest absolute Gasteiger partial charge is 0.305 e. The van der Waals surface area contributed by atoms with E-state index in [0.29, 0.717) is 5.56 Å². The van der Waals surface area contributed by atoms with Crippen LogP contribution >= 0.6 is 0 Å². The molecule has 0 aliphatic rings. The summed E-state index contributed by atoms with van der Waals surface area (Å²) in [5.41, 5.74) is 6.10. The zero-order valence-corrected chi connectivity index (χ0v) is 14.0. The highest BCUT2D eigenvalue weighted by molar-refractivity contribution is 6.07. The summed E-state index contributed by atoms with van der Waals surface area (Å²) in [5.74, 6) is -1.40. The average Bonchev–Trinajstić information content (AvgIpc) is 3.33. The van der Waals surface area contributed by atoms with Crippen LogP contribution in [0.2, 0.25) is 0 Å². The van der Waals surface area contributed by atoms with Gasteiger partial charge >= 0.3 is 5.91 Å².